The maximum atomic E-state index is 15.4. The van der Waals surface area contributed by atoms with Crippen molar-refractivity contribution in [3.8, 4) is 0 Å². The van der Waals surface area contributed by atoms with E-state index in [4.69, 9.17) is 9.47 Å². The van der Waals surface area contributed by atoms with Gasteiger partial charge in [0, 0.05) is 31.6 Å². The third-order valence-corrected chi connectivity index (χ3v) is 8.24. The van der Waals surface area contributed by atoms with E-state index in [0.717, 1.165) is 19.0 Å². The monoisotopic (exact) mass is 681 g/mol. The van der Waals surface area contributed by atoms with E-state index in [1.165, 1.54) is 54.7 Å². The molecule has 1 fully saturated rings. The van der Waals surface area contributed by atoms with Crippen LogP contribution in [-0.2, 0) is 27.1 Å². The number of ether oxygens (including phenoxy) is 2. The van der Waals surface area contributed by atoms with Gasteiger partial charge in [-0.15, -0.1) is 0 Å². The molecule has 1 aromatic heterocycles. The number of amides is 2. The zero-order chi connectivity index (χ0) is 35.9. The molecular formula is C38H46F3N3O5. The van der Waals surface area contributed by atoms with Crippen molar-refractivity contribution in [1.82, 2.24) is 15.2 Å². The van der Waals surface area contributed by atoms with Gasteiger partial charge in [-0.1, -0.05) is 24.3 Å². The number of nitrogens with zero attached hydrogens (tertiary/aromatic N) is 2. The number of aromatic nitrogens is 1. The Morgan fingerprint density at radius 2 is 1.45 bits per heavy atom. The van der Waals surface area contributed by atoms with Gasteiger partial charge in [-0.2, -0.15) is 0 Å². The molecule has 49 heavy (non-hydrogen) atoms. The second-order valence-electron chi connectivity index (χ2n) is 14.6. The number of hydrogen-bond donors (Lipinski definition) is 1. The summed E-state index contributed by atoms with van der Waals surface area (Å²) >= 11 is 0. The van der Waals surface area contributed by atoms with E-state index in [2.05, 4.69) is 10.3 Å². The predicted octanol–water partition coefficient (Wildman–Crippen LogP) is 7.92. The van der Waals surface area contributed by atoms with Crippen LogP contribution in [-0.4, -0.2) is 58.2 Å². The first-order chi connectivity index (χ1) is 23.0. The summed E-state index contributed by atoms with van der Waals surface area (Å²) in [6.07, 6.45) is 3.55. The number of rotatable bonds is 10. The summed E-state index contributed by atoms with van der Waals surface area (Å²) in [6.45, 7) is 11.6. The van der Waals surface area contributed by atoms with E-state index in [1.54, 1.807) is 25.7 Å². The predicted molar refractivity (Wildman–Crippen MR) is 180 cm³/mol. The summed E-state index contributed by atoms with van der Waals surface area (Å²) in [5.41, 5.74) is 0.177. The standard InChI is InChI=1S/C38H46F3N3O5/c1-37(2,3)48-35(46)43-34(33(25-10-14-28(39)15-11-25)26-12-16-29(40)17-13-26)32(45)20-27-21-42-22-31(41)30(27)18-9-24-8-7-19-44(23-24)36(47)49-38(4,5)6/h10-17,21-22,24,33-34H,7-9,18-20,23H2,1-6H3,(H,43,46)/t24?,34-/m1/s1. The molecule has 2 amide bonds. The Morgan fingerprint density at radius 1 is 0.878 bits per heavy atom. The van der Waals surface area contributed by atoms with Gasteiger partial charge in [0.2, 0.25) is 0 Å². The molecule has 264 valence electrons. The Balaban J connectivity index is 1.62. The quantitative estimate of drug-likeness (QED) is 0.234. The fraction of sp³-hybridized carbons (Fsp3) is 0.474. The second-order valence-corrected chi connectivity index (χ2v) is 14.6. The molecule has 4 rings (SSSR count). The van der Waals surface area contributed by atoms with E-state index < -0.39 is 52.5 Å². The van der Waals surface area contributed by atoms with Gasteiger partial charge in [-0.25, -0.2) is 22.8 Å². The topological polar surface area (TPSA) is 97.8 Å². The van der Waals surface area contributed by atoms with E-state index in [-0.39, 0.29) is 18.4 Å². The molecule has 0 bridgehead atoms. The van der Waals surface area contributed by atoms with Gasteiger partial charge in [-0.05, 0) is 120 Å². The van der Waals surface area contributed by atoms with Crippen LogP contribution in [0.2, 0.25) is 0 Å². The molecule has 11 heteroatoms. The molecule has 2 atom stereocenters. The molecule has 1 unspecified atom stereocenters. The fourth-order valence-electron chi connectivity index (χ4n) is 6.08. The average Bonchev–Trinajstić information content (AvgIpc) is 3.00. The summed E-state index contributed by atoms with van der Waals surface area (Å²) < 4.78 is 54.4. The first kappa shape index (κ1) is 37.4. The number of carbonyl (C=O) groups excluding carboxylic acids is 3. The number of likely N-dealkylation sites (tertiary alicyclic amines) is 1. The number of hydrogen-bond acceptors (Lipinski definition) is 6. The third kappa shape index (κ3) is 11.1. The highest BCUT2D eigenvalue weighted by Crippen LogP contribution is 2.31. The van der Waals surface area contributed by atoms with Crippen LogP contribution in [0.3, 0.4) is 0 Å². The lowest BCUT2D eigenvalue weighted by atomic mass is 9.81. The summed E-state index contributed by atoms with van der Waals surface area (Å²) in [5, 5.41) is 2.71. The Kier molecular flexibility index (Phi) is 12.1. The van der Waals surface area contributed by atoms with Crippen molar-refractivity contribution < 1.29 is 37.0 Å². The smallest absolute Gasteiger partial charge is 0.410 e. The molecule has 0 saturated carbocycles. The van der Waals surface area contributed by atoms with Gasteiger partial charge >= 0.3 is 12.2 Å². The molecule has 1 saturated heterocycles. The van der Waals surface area contributed by atoms with Gasteiger partial charge in [0.1, 0.15) is 34.7 Å². The summed E-state index contributed by atoms with van der Waals surface area (Å²) in [4.78, 5) is 45.8. The molecule has 3 aromatic rings. The van der Waals surface area contributed by atoms with Crippen LogP contribution in [0.25, 0.3) is 0 Å². The van der Waals surface area contributed by atoms with Crippen LogP contribution in [0.15, 0.2) is 60.9 Å². The number of piperidine rings is 1. The van der Waals surface area contributed by atoms with Gasteiger partial charge in [0.25, 0.3) is 0 Å². The Labute approximate surface area is 286 Å². The van der Waals surface area contributed by atoms with Crippen molar-refractivity contribution in [1.29, 1.82) is 0 Å². The van der Waals surface area contributed by atoms with Crippen molar-refractivity contribution in [3.63, 3.8) is 0 Å². The zero-order valence-electron chi connectivity index (χ0n) is 29.0. The van der Waals surface area contributed by atoms with E-state index in [0.29, 0.717) is 48.2 Å². The molecular weight excluding hydrogens is 635 g/mol. The number of Topliss-reactive ketones (excluding diaryl/α,β-unsaturated/α-hetero) is 1. The van der Waals surface area contributed by atoms with Crippen molar-refractivity contribution in [2.75, 3.05) is 13.1 Å². The molecule has 1 N–H and O–H groups in total. The number of ketones is 1. The third-order valence-electron chi connectivity index (χ3n) is 8.24. The highest BCUT2D eigenvalue weighted by Gasteiger charge is 2.35. The van der Waals surface area contributed by atoms with Crippen molar-refractivity contribution in [2.24, 2.45) is 5.92 Å². The SMILES string of the molecule is CC(C)(C)OC(=O)N[C@H](C(=O)Cc1cncc(F)c1CCC1CCCN(C(=O)OC(C)(C)C)C1)C(c1ccc(F)cc1)c1ccc(F)cc1. The number of carbonyl (C=O) groups is 3. The Hall–Kier alpha value is -4.41. The van der Waals surface area contributed by atoms with Crippen LogP contribution in [0.1, 0.15) is 89.0 Å². The molecule has 0 aliphatic carbocycles. The summed E-state index contributed by atoms with van der Waals surface area (Å²) in [5.74, 6) is -2.80. The lowest BCUT2D eigenvalue weighted by molar-refractivity contribution is -0.120. The number of halogens is 3. The van der Waals surface area contributed by atoms with Crippen LogP contribution in [0.5, 0.6) is 0 Å². The van der Waals surface area contributed by atoms with Gasteiger partial charge in [-0.3, -0.25) is 9.78 Å². The fourth-order valence-corrected chi connectivity index (χ4v) is 6.08. The number of pyridine rings is 1. The van der Waals surface area contributed by atoms with Crippen molar-refractivity contribution in [3.05, 3.63) is 101 Å². The van der Waals surface area contributed by atoms with E-state index >= 15 is 4.39 Å². The molecule has 1 aliphatic heterocycles. The Bertz CT molecular complexity index is 1560. The first-order valence-electron chi connectivity index (χ1n) is 16.6. The van der Waals surface area contributed by atoms with Gasteiger partial charge in [0.15, 0.2) is 5.78 Å². The van der Waals surface area contributed by atoms with Crippen molar-refractivity contribution >= 4 is 18.0 Å². The maximum Gasteiger partial charge on any atom is 0.410 e. The van der Waals surface area contributed by atoms with Crippen LogP contribution >= 0.6 is 0 Å². The molecule has 2 aromatic carbocycles. The molecule has 1 aliphatic rings. The van der Waals surface area contributed by atoms with E-state index in [1.807, 2.05) is 20.8 Å². The van der Waals surface area contributed by atoms with Crippen LogP contribution in [0.4, 0.5) is 22.8 Å². The molecule has 2 heterocycles. The minimum atomic E-state index is -1.26. The van der Waals surface area contributed by atoms with Crippen LogP contribution < -0.4 is 5.32 Å². The average molecular weight is 682 g/mol. The van der Waals surface area contributed by atoms with Gasteiger partial charge < -0.3 is 19.7 Å². The van der Waals surface area contributed by atoms with Gasteiger partial charge in [0.05, 0.1) is 6.20 Å². The molecule has 0 spiro atoms. The second kappa shape index (κ2) is 15.9. The largest absolute Gasteiger partial charge is 0.444 e. The summed E-state index contributed by atoms with van der Waals surface area (Å²) in [6, 6.07) is 9.70. The summed E-state index contributed by atoms with van der Waals surface area (Å²) in [7, 11) is 0. The van der Waals surface area contributed by atoms with Crippen molar-refractivity contribution in [2.45, 2.75) is 96.8 Å². The number of alkyl carbamates (subject to hydrolysis) is 1. The normalized spacial score (nSPS) is 15.9. The number of nitrogens with one attached hydrogen (secondary N) is 1. The van der Waals surface area contributed by atoms with Crippen LogP contribution in [0, 0.1) is 23.4 Å². The maximum absolute atomic E-state index is 15.4. The zero-order valence-corrected chi connectivity index (χ0v) is 29.0. The van der Waals surface area contributed by atoms with E-state index in [9.17, 15) is 23.2 Å². The number of benzene rings is 2. The molecule has 0 radical (unpaired) electrons. The Morgan fingerprint density at radius 3 is 2.00 bits per heavy atom. The lowest BCUT2D eigenvalue weighted by Gasteiger charge is -2.34. The first-order valence-corrected chi connectivity index (χ1v) is 16.6. The highest BCUT2D eigenvalue weighted by atomic mass is 19.1. The lowest BCUT2D eigenvalue weighted by Crippen LogP contribution is -2.47. The minimum Gasteiger partial charge on any atom is -0.444 e. The highest BCUT2D eigenvalue weighted by molar-refractivity contribution is 5.91. The molecule has 8 nitrogen and oxygen atoms in total. The minimum absolute atomic E-state index is 0.0975.